The van der Waals surface area contributed by atoms with E-state index in [2.05, 4.69) is 23.2 Å². The first-order valence-electron chi connectivity index (χ1n) is 10.0. The van der Waals surface area contributed by atoms with Crippen LogP contribution in [0, 0.1) is 0 Å². The van der Waals surface area contributed by atoms with Crippen LogP contribution in [0.2, 0.25) is 0 Å². The third-order valence-electron chi connectivity index (χ3n) is 4.75. The Bertz CT molecular complexity index is 1300. The summed E-state index contributed by atoms with van der Waals surface area (Å²) >= 11 is 1.52. The molecule has 2 aromatic carbocycles. The van der Waals surface area contributed by atoms with E-state index in [1.807, 2.05) is 17.5 Å². The monoisotopic (exact) mass is 483 g/mol. The number of hydrogen-bond acceptors (Lipinski definition) is 6. The number of nitrogens with two attached hydrogens (primary N) is 1. The van der Waals surface area contributed by atoms with Crippen LogP contribution >= 0.6 is 11.3 Å². The minimum Gasteiger partial charge on any atom is -0.507 e. The Hall–Kier alpha value is -3.56. The molecule has 9 heteroatoms. The Labute approximate surface area is 197 Å². The highest BCUT2D eigenvalue weighted by molar-refractivity contribution is 7.92. The molecule has 3 aromatic rings. The van der Waals surface area contributed by atoms with Gasteiger partial charge < -0.3 is 16.2 Å². The van der Waals surface area contributed by atoms with Gasteiger partial charge in [0.1, 0.15) is 10.6 Å². The van der Waals surface area contributed by atoms with Crippen molar-refractivity contribution in [3.63, 3.8) is 0 Å². The van der Waals surface area contributed by atoms with Gasteiger partial charge >= 0.3 is 0 Å². The summed E-state index contributed by atoms with van der Waals surface area (Å²) in [6.45, 7) is 7.75. The molecule has 1 heterocycles. The van der Waals surface area contributed by atoms with E-state index in [1.54, 1.807) is 30.4 Å². The molecule has 5 N–H and O–H groups in total. The lowest BCUT2D eigenvalue weighted by atomic mass is 10.1. The van der Waals surface area contributed by atoms with Crippen molar-refractivity contribution < 1.29 is 18.3 Å². The van der Waals surface area contributed by atoms with E-state index in [0.29, 0.717) is 18.7 Å². The molecule has 0 aliphatic rings. The smallest absolute Gasteiger partial charge is 0.263 e. The van der Waals surface area contributed by atoms with Gasteiger partial charge in [-0.3, -0.25) is 9.52 Å². The van der Waals surface area contributed by atoms with Crippen LogP contribution in [0.15, 0.2) is 78.1 Å². The van der Waals surface area contributed by atoms with Gasteiger partial charge in [0.2, 0.25) is 0 Å². The second-order valence-electron chi connectivity index (χ2n) is 7.30. The molecule has 1 aromatic heterocycles. The van der Waals surface area contributed by atoms with Crippen molar-refractivity contribution in [2.75, 3.05) is 10.0 Å². The number of carbonyl (C=O) groups excluding carboxylic acids is 1. The summed E-state index contributed by atoms with van der Waals surface area (Å²) in [7, 11) is -4.12. The second kappa shape index (κ2) is 10.4. The Morgan fingerprint density at radius 2 is 1.82 bits per heavy atom. The van der Waals surface area contributed by atoms with Crippen molar-refractivity contribution in [3.05, 3.63) is 94.7 Å². The van der Waals surface area contributed by atoms with Crippen LogP contribution in [0.1, 0.15) is 26.4 Å². The minimum absolute atomic E-state index is 0.144. The number of phenols is 1. The zero-order valence-electron chi connectivity index (χ0n) is 17.9. The fourth-order valence-electron chi connectivity index (χ4n) is 3.24. The SMILES string of the molecule is C=CCc1cccc(NS(=O)(=O)c2cc(C(N)=O)c(O)cc2NCc2cc(CC=C)cs2)c1. The first-order chi connectivity index (χ1) is 15.7. The molecule has 0 saturated carbocycles. The summed E-state index contributed by atoms with van der Waals surface area (Å²) in [6, 6.07) is 11.2. The lowest BCUT2D eigenvalue weighted by Crippen LogP contribution is -2.18. The van der Waals surface area contributed by atoms with Gasteiger partial charge in [0.15, 0.2) is 0 Å². The van der Waals surface area contributed by atoms with Crippen molar-refractivity contribution in [2.24, 2.45) is 5.73 Å². The molecule has 0 aliphatic carbocycles. The third-order valence-corrected chi connectivity index (χ3v) is 7.16. The molecule has 0 bridgehead atoms. The summed E-state index contributed by atoms with van der Waals surface area (Å²) in [5, 5.41) is 15.3. The van der Waals surface area contributed by atoms with Crippen molar-refractivity contribution >= 4 is 38.6 Å². The van der Waals surface area contributed by atoms with E-state index < -0.39 is 21.7 Å². The van der Waals surface area contributed by atoms with Crippen LogP contribution in [0.5, 0.6) is 5.75 Å². The highest BCUT2D eigenvalue weighted by atomic mass is 32.2. The summed E-state index contributed by atoms with van der Waals surface area (Å²) in [4.78, 5) is 12.5. The molecule has 1 amide bonds. The summed E-state index contributed by atoms with van der Waals surface area (Å²) in [6.07, 6.45) is 4.85. The maximum atomic E-state index is 13.3. The van der Waals surface area contributed by atoms with Crippen LogP contribution in [0.25, 0.3) is 0 Å². The van der Waals surface area contributed by atoms with Crippen molar-refractivity contribution in [1.29, 1.82) is 0 Å². The van der Waals surface area contributed by atoms with E-state index >= 15 is 0 Å². The van der Waals surface area contributed by atoms with Gasteiger partial charge in [0.05, 0.1) is 11.3 Å². The van der Waals surface area contributed by atoms with Gasteiger partial charge in [-0.15, -0.1) is 24.5 Å². The standard InChI is InChI=1S/C24H25N3O4S2/c1-3-6-16-8-5-9-18(10-16)27-33(30,31)23-12-20(24(25)29)22(28)13-21(23)26-14-19-11-17(7-4-2)15-32-19/h3-5,8-13,15,26-28H,1-2,6-7,14H2,(H2,25,29). The van der Waals surface area contributed by atoms with Crippen LogP contribution in [-0.2, 0) is 29.4 Å². The number of aromatic hydroxyl groups is 1. The fraction of sp³-hybridized carbons (Fsp3) is 0.125. The largest absolute Gasteiger partial charge is 0.507 e. The predicted octanol–water partition coefficient (Wildman–Crippen LogP) is 4.42. The minimum atomic E-state index is -4.12. The zero-order chi connectivity index (χ0) is 24.0. The maximum absolute atomic E-state index is 13.3. The Morgan fingerprint density at radius 3 is 2.52 bits per heavy atom. The molecule has 0 fully saturated rings. The lowest BCUT2D eigenvalue weighted by molar-refractivity contribution is 0.0997. The van der Waals surface area contributed by atoms with Gasteiger partial charge in [0.25, 0.3) is 15.9 Å². The molecule has 0 aliphatic heterocycles. The molecule has 33 heavy (non-hydrogen) atoms. The maximum Gasteiger partial charge on any atom is 0.263 e. The molecular formula is C24H25N3O4S2. The molecule has 0 radical (unpaired) electrons. The number of hydrogen-bond donors (Lipinski definition) is 4. The number of anilines is 2. The first kappa shape index (κ1) is 24.1. The number of amides is 1. The van der Waals surface area contributed by atoms with Crippen LogP contribution < -0.4 is 15.8 Å². The van der Waals surface area contributed by atoms with Crippen molar-refractivity contribution in [1.82, 2.24) is 0 Å². The summed E-state index contributed by atoms with van der Waals surface area (Å²) < 4.78 is 29.1. The van der Waals surface area contributed by atoms with Gasteiger partial charge in [-0.1, -0.05) is 24.3 Å². The van der Waals surface area contributed by atoms with Crippen molar-refractivity contribution in [2.45, 2.75) is 24.3 Å². The van der Waals surface area contributed by atoms with Gasteiger partial charge in [0, 0.05) is 23.2 Å². The molecule has 0 spiro atoms. The van der Waals surface area contributed by atoms with Crippen LogP contribution in [0.4, 0.5) is 11.4 Å². The quantitative estimate of drug-likeness (QED) is 0.301. The van der Waals surface area contributed by atoms with Gasteiger partial charge in [-0.25, -0.2) is 8.42 Å². The van der Waals surface area contributed by atoms with Gasteiger partial charge in [-0.05, 0) is 53.6 Å². The Balaban J connectivity index is 1.95. The number of carbonyl (C=O) groups is 1. The molecule has 172 valence electrons. The highest BCUT2D eigenvalue weighted by Gasteiger charge is 2.23. The number of nitrogens with one attached hydrogen (secondary N) is 2. The molecular weight excluding hydrogens is 458 g/mol. The number of allylic oxidation sites excluding steroid dienone is 2. The van der Waals surface area contributed by atoms with E-state index in [4.69, 9.17) is 5.73 Å². The number of rotatable bonds is 11. The molecule has 0 unspecified atom stereocenters. The van der Waals surface area contributed by atoms with E-state index in [0.717, 1.165) is 28.5 Å². The fourth-order valence-corrected chi connectivity index (χ4v) is 5.32. The topological polar surface area (TPSA) is 122 Å². The number of benzene rings is 2. The third kappa shape index (κ3) is 6.03. The molecule has 0 saturated heterocycles. The molecule has 3 rings (SSSR count). The van der Waals surface area contributed by atoms with E-state index in [1.165, 1.54) is 17.4 Å². The van der Waals surface area contributed by atoms with Crippen LogP contribution in [0.3, 0.4) is 0 Å². The first-order valence-corrected chi connectivity index (χ1v) is 12.4. The summed E-state index contributed by atoms with van der Waals surface area (Å²) in [5.74, 6) is -1.34. The second-order valence-corrected chi connectivity index (χ2v) is 9.94. The normalized spacial score (nSPS) is 11.0. The highest BCUT2D eigenvalue weighted by Crippen LogP contribution is 2.32. The predicted molar refractivity (Wildman–Crippen MR) is 133 cm³/mol. The van der Waals surface area contributed by atoms with Crippen molar-refractivity contribution in [3.8, 4) is 5.75 Å². The molecule has 0 atom stereocenters. The Morgan fingerprint density at radius 1 is 1.09 bits per heavy atom. The summed E-state index contributed by atoms with van der Waals surface area (Å²) in [5.41, 5.74) is 7.54. The number of sulfonamides is 1. The van der Waals surface area contributed by atoms with Gasteiger partial charge in [-0.2, -0.15) is 0 Å². The molecule has 7 nitrogen and oxygen atoms in total. The Kier molecular flexibility index (Phi) is 7.57. The average molecular weight is 484 g/mol. The number of primary amides is 1. The number of thiophene rings is 1. The average Bonchev–Trinajstić information content (AvgIpc) is 3.20. The lowest BCUT2D eigenvalue weighted by Gasteiger charge is -2.16. The van der Waals surface area contributed by atoms with Crippen LogP contribution in [-0.4, -0.2) is 19.4 Å². The van der Waals surface area contributed by atoms with E-state index in [9.17, 15) is 18.3 Å². The van der Waals surface area contributed by atoms with E-state index in [-0.39, 0.29) is 16.1 Å². The zero-order valence-corrected chi connectivity index (χ0v) is 19.5.